The molecule has 0 radical (unpaired) electrons. The van der Waals surface area contributed by atoms with Gasteiger partial charge in [-0.25, -0.2) is 12.7 Å². The summed E-state index contributed by atoms with van der Waals surface area (Å²) < 4.78 is 31.3. The molecule has 0 aromatic heterocycles. The largest absolute Gasteiger partial charge is 0.351 e. The molecule has 6 heteroatoms. The third kappa shape index (κ3) is 2.76. The minimum absolute atomic E-state index is 0.0810. The van der Waals surface area contributed by atoms with E-state index in [0.29, 0.717) is 0 Å². The Labute approximate surface area is 118 Å². The van der Waals surface area contributed by atoms with Gasteiger partial charge in [0, 0.05) is 6.08 Å². The van der Waals surface area contributed by atoms with Gasteiger partial charge in [-0.2, -0.15) is 0 Å². The maximum Gasteiger partial charge on any atom is 0.269 e. The molecule has 108 valence electrons. The predicted octanol–water partition coefficient (Wildman–Crippen LogP) is 1.83. The van der Waals surface area contributed by atoms with E-state index in [9.17, 15) is 13.2 Å². The van der Waals surface area contributed by atoms with Crippen molar-refractivity contribution in [2.24, 2.45) is 0 Å². The lowest BCUT2D eigenvalue weighted by Crippen LogP contribution is -2.41. The lowest BCUT2D eigenvalue weighted by atomic mass is 10.2. The average Bonchev–Trinajstić information content (AvgIpc) is 2.70. The predicted molar refractivity (Wildman–Crippen MR) is 74.4 cm³/mol. The zero-order chi connectivity index (χ0) is 14.9. The maximum absolute atomic E-state index is 12.5. The van der Waals surface area contributed by atoms with Crippen molar-refractivity contribution in [1.29, 1.82) is 0 Å². The van der Waals surface area contributed by atoms with Crippen molar-refractivity contribution in [3.05, 3.63) is 42.0 Å². The van der Waals surface area contributed by atoms with Crippen molar-refractivity contribution in [2.75, 3.05) is 0 Å². The van der Waals surface area contributed by atoms with E-state index in [0.717, 1.165) is 9.87 Å². The van der Waals surface area contributed by atoms with Crippen molar-refractivity contribution < 1.29 is 17.9 Å². The zero-order valence-corrected chi connectivity index (χ0v) is 12.4. The van der Waals surface area contributed by atoms with Crippen molar-refractivity contribution >= 4 is 15.9 Å². The molecule has 1 heterocycles. The van der Waals surface area contributed by atoms with Crippen molar-refractivity contribution in [1.82, 2.24) is 4.31 Å². The summed E-state index contributed by atoms with van der Waals surface area (Å²) in [5, 5.41) is 0. The number of sulfonamides is 1. The molecule has 1 amide bonds. The normalized spacial score (nSPS) is 19.1. The van der Waals surface area contributed by atoms with Gasteiger partial charge >= 0.3 is 0 Å². The Morgan fingerprint density at radius 3 is 2.35 bits per heavy atom. The Morgan fingerprint density at radius 2 is 1.80 bits per heavy atom. The van der Waals surface area contributed by atoms with Gasteiger partial charge in [0.1, 0.15) is 0 Å². The summed E-state index contributed by atoms with van der Waals surface area (Å²) in [5.74, 6) is -0.587. The second-order valence-corrected chi connectivity index (χ2v) is 6.70. The van der Waals surface area contributed by atoms with E-state index in [1.807, 2.05) is 6.92 Å². The highest BCUT2D eigenvalue weighted by Crippen LogP contribution is 2.24. The second kappa shape index (κ2) is 5.38. The first kappa shape index (κ1) is 14.7. The monoisotopic (exact) mass is 295 g/mol. The second-order valence-electron chi connectivity index (χ2n) is 4.89. The summed E-state index contributed by atoms with van der Waals surface area (Å²) in [4.78, 5) is 11.9. The number of carbonyl (C=O) groups is 1. The van der Waals surface area contributed by atoms with Gasteiger partial charge in [-0.05, 0) is 39.0 Å². The van der Waals surface area contributed by atoms with Crippen LogP contribution in [0.5, 0.6) is 0 Å². The van der Waals surface area contributed by atoms with E-state index < -0.39 is 22.2 Å². The van der Waals surface area contributed by atoms with Gasteiger partial charge in [-0.15, -0.1) is 0 Å². The fourth-order valence-electron chi connectivity index (χ4n) is 1.90. The van der Waals surface area contributed by atoms with Crippen LogP contribution in [-0.4, -0.2) is 31.0 Å². The number of ether oxygens (including phenoxy) is 1. The maximum atomic E-state index is 12.5. The van der Waals surface area contributed by atoms with Crippen LogP contribution in [0, 0.1) is 6.92 Å². The summed E-state index contributed by atoms with van der Waals surface area (Å²) in [6.07, 6.45) is 1.60. The fraction of sp³-hybridized carbons (Fsp3) is 0.357. The number of hydrogen-bond acceptors (Lipinski definition) is 4. The van der Waals surface area contributed by atoms with Crippen molar-refractivity contribution in [3.63, 3.8) is 0 Å². The summed E-state index contributed by atoms with van der Waals surface area (Å²) in [6.45, 7) is 5.43. The number of nitrogens with zero attached hydrogens (tertiary/aromatic N) is 1. The first-order valence-corrected chi connectivity index (χ1v) is 7.75. The first-order chi connectivity index (χ1) is 9.32. The molecule has 1 aliphatic heterocycles. The van der Waals surface area contributed by atoms with Crippen LogP contribution in [0.4, 0.5) is 0 Å². The Kier molecular flexibility index (Phi) is 3.96. The highest BCUT2D eigenvalue weighted by atomic mass is 32.2. The number of amides is 1. The van der Waals surface area contributed by atoms with Gasteiger partial charge in [0.15, 0.2) is 6.23 Å². The van der Waals surface area contributed by atoms with E-state index in [1.54, 1.807) is 26.0 Å². The molecule has 0 bridgehead atoms. The lowest BCUT2D eigenvalue weighted by molar-refractivity contribution is -0.127. The van der Waals surface area contributed by atoms with Crippen LogP contribution in [0.25, 0.3) is 0 Å². The molecule has 5 nitrogen and oxygen atoms in total. The van der Waals surface area contributed by atoms with Crippen LogP contribution in [0.15, 0.2) is 41.3 Å². The van der Waals surface area contributed by atoms with Gasteiger partial charge in [0.25, 0.3) is 15.9 Å². The summed E-state index contributed by atoms with van der Waals surface area (Å²) in [6, 6.07) is 6.36. The van der Waals surface area contributed by atoms with Gasteiger partial charge in [0.05, 0.1) is 11.0 Å². The molecule has 1 aromatic carbocycles. The Hall–Kier alpha value is -1.66. The first-order valence-electron chi connectivity index (χ1n) is 6.31. The van der Waals surface area contributed by atoms with Crippen LogP contribution in [0.1, 0.15) is 19.4 Å². The molecule has 1 aromatic rings. The van der Waals surface area contributed by atoms with Crippen molar-refractivity contribution in [2.45, 2.75) is 38.0 Å². The van der Waals surface area contributed by atoms with Crippen molar-refractivity contribution in [3.8, 4) is 0 Å². The summed E-state index contributed by atoms with van der Waals surface area (Å²) in [5.41, 5.74) is 0.949. The van der Waals surface area contributed by atoms with Gasteiger partial charge in [-0.1, -0.05) is 17.7 Å². The van der Waals surface area contributed by atoms with Gasteiger partial charge < -0.3 is 4.74 Å². The average molecular weight is 295 g/mol. The molecule has 0 unspecified atom stereocenters. The summed E-state index contributed by atoms with van der Waals surface area (Å²) in [7, 11) is -3.90. The van der Waals surface area contributed by atoms with Crippen LogP contribution in [0.3, 0.4) is 0 Å². The molecule has 20 heavy (non-hydrogen) atoms. The highest BCUT2D eigenvalue weighted by molar-refractivity contribution is 7.89. The lowest BCUT2D eigenvalue weighted by Gasteiger charge is -2.25. The van der Waals surface area contributed by atoms with E-state index in [4.69, 9.17) is 4.74 Å². The molecule has 0 N–H and O–H groups in total. The van der Waals surface area contributed by atoms with Crippen LogP contribution in [0.2, 0.25) is 0 Å². The van der Waals surface area contributed by atoms with E-state index in [-0.39, 0.29) is 11.0 Å². The molecule has 1 atom stereocenters. The Bertz CT molecular complexity index is 632. The zero-order valence-electron chi connectivity index (χ0n) is 11.6. The van der Waals surface area contributed by atoms with Gasteiger partial charge in [-0.3, -0.25) is 4.79 Å². The smallest absolute Gasteiger partial charge is 0.269 e. The van der Waals surface area contributed by atoms with Crippen LogP contribution >= 0.6 is 0 Å². The number of benzene rings is 1. The number of carbonyl (C=O) groups excluding carboxylic acids is 1. The molecular weight excluding hydrogens is 278 g/mol. The van der Waals surface area contributed by atoms with E-state index in [1.165, 1.54) is 24.3 Å². The minimum atomic E-state index is -3.90. The number of aryl methyl sites for hydroxylation is 1. The van der Waals surface area contributed by atoms with Crippen LogP contribution < -0.4 is 0 Å². The molecule has 1 aliphatic rings. The standard InChI is InChI=1S/C14H17NO4S/c1-10(2)19-14-9-8-13(16)15(14)20(17,18)12-6-4-11(3)5-7-12/h4-10,14H,1-3H3/t14-/m1/s1. The van der Waals surface area contributed by atoms with Gasteiger partial charge in [0.2, 0.25) is 0 Å². The topological polar surface area (TPSA) is 63.7 Å². The van der Waals surface area contributed by atoms with Crippen LogP contribution in [-0.2, 0) is 19.6 Å². The molecule has 0 fully saturated rings. The summed E-state index contributed by atoms with van der Waals surface area (Å²) >= 11 is 0. The molecule has 0 spiro atoms. The minimum Gasteiger partial charge on any atom is -0.351 e. The van der Waals surface area contributed by atoms with E-state index >= 15 is 0 Å². The Morgan fingerprint density at radius 1 is 1.20 bits per heavy atom. The molecular formula is C14H17NO4S. The molecule has 0 saturated heterocycles. The molecule has 0 aliphatic carbocycles. The highest BCUT2D eigenvalue weighted by Gasteiger charge is 2.38. The molecule has 0 saturated carbocycles. The quantitative estimate of drug-likeness (QED) is 0.850. The third-order valence-electron chi connectivity index (χ3n) is 2.84. The Balaban J connectivity index is 2.37. The SMILES string of the molecule is Cc1ccc(S(=O)(=O)N2C(=O)C=C[C@H]2OC(C)C)cc1. The van der Waals surface area contributed by atoms with E-state index in [2.05, 4.69) is 0 Å². The number of rotatable bonds is 4. The molecule has 2 rings (SSSR count). The number of hydrogen-bond donors (Lipinski definition) is 0. The third-order valence-corrected chi connectivity index (χ3v) is 4.61. The fourth-order valence-corrected chi connectivity index (χ4v) is 3.30.